The van der Waals surface area contributed by atoms with Crippen LogP contribution in [0.1, 0.15) is 24.0 Å². The van der Waals surface area contributed by atoms with Crippen molar-refractivity contribution in [2.24, 2.45) is 5.73 Å². The third-order valence-electron chi connectivity index (χ3n) is 6.22. The molecular formula is C23H27FN4O3S. The highest BCUT2D eigenvalue weighted by Gasteiger charge is 2.38. The van der Waals surface area contributed by atoms with Crippen LogP contribution in [-0.4, -0.2) is 62.7 Å². The zero-order chi connectivity index (χ0) is 22.9. The molecule has 2 aromatic carbocycles. The molecule has 170 valence electrons. The molecule has 0 aliphatic carbocycles. The van der Waals surface area contributed by atoms with Gasteiger partial charge in [0.05, 0.1) is 10.6 Å². The molecule has 1 saturated heterocycles. The third-order valence-corrected chi connectivity index (χ3v) is 7.93. The van der Waals surface area contributed by atoms with E-state index in [0.717, 1.165) is 11.3 Å². The van der Waals surface area contributed by atoms with Gasteiger partial charge in [0.1, 0.15) is 18.0 Å². The maximum atomic E-state index is 13.6. The molecule has 3 N–H and O–H groups in total. The Morgan fingerprint density at radius 2 is 1.81 bits per heavy atom. The van der Waals surface area contributed by atoms with Gasteiger partial charge in [-0.05, 0) is 36.6 Å². The number of fused-ring (bicyclic) bond motifs is 1. The monoisotopic (exact) mass is 458 g/mol. The minimum Gasteiger partial charge on any atom is -0.384 e. The van der Waals surface area contributed by atoms with E-state index in [1.54, 1.807) is 47.4 Å². The van der Waals surface area contributed by atoms with E-state index < -0.39 is 22.1 Å². The molecule has 2 aliphatic rings. The zero-order valence-corrected chi connectivity index (χ0v) is 18.5. The van der Waals surface area contributed by atoms with Gasteiger partial charge < -0.3 is 15.5 Å². The molecule has 1 unspecified atom stereocenters. The van der Waals surface area contributed by atoms with E-state index in [-0.39, 0.29) is 28.9 Å². The predicted molar refractivity (Wildman–Crippen MR) is 122 cm³/mol. The second kappa shape index (κ2) is 8.90. The van der Waals surface area contributed by atoms with Crippen LogP contribution in [0.5, 0.6) is 0 Å². The van der Waals surface area contributed by atoms with Crippen molar-refractivity contribution in [2.75, 3.05) is 30.3 Å². The van der Waals surface area contributed by atoms with Gasteiger partial charge in [0.2, 0.25) is 5.91 Å². The fourth-order valence-electron chi connectivity index (χ4n) is 4.40. The molecule has 4 rings (SSSR count). The molecule has 2 aliphatic heterocycles. The summed E-state index contributed by atoms with van der Waals surface area (Å²) in [6, 6.07) is 13.0. The highest BCUT2D eigenvalue weighted by Crippen LogP contribution is 2.34. The molecule has 9 heteroatoms. The number of nitrogens with one attached hydrogen (secondary N) is 1. The number of nitrogens with two attached hydrogens (primary N) is 1. The number of carbonyl (C=O) groups is 1. The predicted octanol–water partition coefficient (Wildman–Crippen LogP) is 2.14. The lowest BCUT2D eigenvalue weighted by atomic mass is 10.0. The first-order chi connectivity index (χ1) is 15.3. The molecule has 1 amide bonds. The van der Waals surface area contributed by atoms with E-state index in [9.17, 15) is 17.6 Å². The minimum absolute atomic E-state index is 0.0931. The summed E-state index contributed by atoms with van der Waals surface area (Å²) in [5, 5.41) is 7.74. The first-order valence-corrected chi connectivity index (χ1v) is 12.4. The number of piperidine rings is 1. The Labute approximate surface area is 187 Å². The van der Waals surface area contributed by atoms with Gasteiger partial charge in [0, 0.05) is 37.3 Å². The van der Waals surface area contributed by atoms with Crippen LogP contribution in [0.25, 0.3) is 0 Å². The number of likely N-dealkylation sites (tertiary alicyclic amines) is 1. The van der Waals surface area contributed by atoms with Crippen LogP contribution < -0.4 is 10.6 Å². The Kier molecular flexibility index (Phi) is 6.19. The molecule has 0 radical (unpaired) electrons. The van der Waals surface area contributed by atoms with Gasteiger partial charge in [0.25, 0.3) is 0 Å². The normalized spacial score (nSPS) is 19.1. The van der Waals surface area contributed by atoms with Gasteiger partial charge in [0.15, 0.2) is 9.84 Å². The fraction of sp³-hybridized carbons (Fsp3) is 0.391. The Bertz CT molecular complexity index is 1120. The lowest BCUT2D eigenvalue weighted by molar-refractivity contribution is -0.134. The number of nitrogen functional groups attached to an aromatic ring is 1. The molecular weight excluding hydrogens is 431 g/mol. The molecule has 2 heterocycles. The Morgan fingerprint density at radius 3 is 2.47 bits per heavy atom. The topological polar surface area (TPSA) is 108 Å². The maximum absolute atomic E-state index is 13.6. The highest BCUT2D eigenvalue weighted by molar-refractivity contribution is 7.91. The van der Waals surface area contributed by atoms with Crippen LogP contribution >= 0.6 is 0 Å². The van der Waals surface area contributed by atoms with E-state index in [1.807, 2.05) is 11.0 Å². The summed E-state index contributed by atoms with van der Waals surface area (Å²) in [6.07, 6.45) is 0.197. The lowest BCUT2D eigenvalue weighted by Gasteiger charge is -2.34. The smallest absolute Gasteiger partial charge is 0.245 e. The molecule has 1 fully saturated rings. The number of carbonyl (C=O) groups excluding carboxylic acids is 1. The van der Waals surface area contributed by atoms with Crippen molar-refractivity contribution in [3.8, 4) is 0 Å². The van der Waals surface area contributed by atoms with Crippen molar-refractivity contribution in [2.45, 2.75) is 36.4 Å². The van der Waals surface area contributed by atoms with Crippen molar-refractivity contribution in [3.63, 3.8) is 0 Å². The molecule has 7 nitrogen and oxygen atoms in total. The number of amides is 1. The average Bonchev–Trinajstić information content (AvgIpc) is 3.16. The number of anilines is 1. The van der Waals surface area contributed by atoms with Gasteiger partial charge in [-0.3, -0.25) is 10.2 Å². The van der Waals surface area contributed by atoms with Crippen molar-refractivity contribution in [1.82, 2.24) is 4.90 Å². The van der Waals surface area contributed by atoms with Crippen LogP contribution in [0.4, 0.5) is 10.1 Å². The summed E-state index contributed by atoms with van der Waals surface area (Å²) in [6.45, 7) is 0.852. The van der Waals surface area contributed by atoms with E-state index in [0.29, 0.717) is 37.9 Å². The van der Waals surface area contributed by atoms with E-state index in [2.05, 4.69) is 0 Å². The van der Waals surface area contributed by atoms with Crippen molar-refractivity contribution >= 4 is 27.3 Å². The van der Waals surface area contributed by atoms with Gasteiger partial charge in [-0.25, -0.2) is 12.8 Å². The van der Waals surface area contributed by atoms with Crippen LogP contribution in [0.2, 0.25) is 0 Å². The maximum Gasteiger partial charge on any atom is 0.245 e. The zero-order valence-electron chi connectivity index (χ0n) is 17.7. The molecule has 0 spiro atoms. The number of sulfone groups is 1. The number of benzene rings is 2. The number of amidine groups is 1. The first-order valence-electron chi connectivity index (χ1n) is 10.7. The molecule has 0 bridgehead atoms. The summed E-state index contributed by atoms with van der Waals surface area (Å²) in [4.78, 5) is 17.1. The summed E-state index contributed by atoms with van der Waals surface area (Å²) < 4.78 is 39.3. The SMILES string of the molecule is N=C(N)c1ccc2c(c1)N(CCS(=O)(=O)c1ccccc1)C(C(=O)N1CCC(F)CC1)C2. The lowest BCUT2D eigenvalue weighted by Crippen LogP contribution is -2.51. The first kappa shape index (κ1) is 22.3. The van der Waals surface area contributed by atoms with E-state index in [4.69, 9.17) is 11.1 Å². The second-order valence-corrected chi connectivity index (χ2v) is 10.4. The second-order valence-electron chi connectivity index (χ2n) is 8.30. The van der Waals surface area contributed by atoms with Gasteiger partial charge in [-0.15, -0.1) is 0 Å². The Hall–Kier alpha value is -2.94. The number of hydrogen-bond acceptors (Lipinski definition) is 5. The number of hydrogen-bond donors (Lipinski definition) is 2. The molecule has 0 aromatic heterocycles. The van der Waals surface area contributed by atoms with Crippen LogP contribution in [0.3, 0.4) is 0 Å². The van der Waals surface area contributed by atoms with Gasteiger partial charge in [-0.1, -0.05) is 30.3 Å². The molecule has 0 saturated carbocycles. The van der Waals surface area contributed by atoms with Crippen LogP contribution in [0.15, 0.2) is 53.4 Å². The largest absolute Gasteiger partial charge is 0.384 e. The Balaban J connectivity index is 1.61. The summed E-state index contributed by atoms with van der Waals surface area (Å²) in [7, 11) is -3.54. The van der Waals surface area contributed by atoms with Gasteiger partial charge in [-0.2, -0.15) is 0 Å². The van der Waals surface area contributed by atoms with Crippen molar-refractivity contribution < 1.29 is 17.6 Å². The third kappa shape index (κ3) is 4.48. The fourth-order valence-corrected chi connectivity index (χ4v) is 5.64. The van der Waals surface area contributed by atoms with Crippen LogP contribution in [-0.2, 0) is 21.1 Å². The van der Waals surface area contributed by atoms with Crippen molar-refractivity contribution in [3.05, 3.63) is 59.7 Å². The molecule has 2 aromatic rings. The number of rotatable bonds is 6. The van der Waals surface area contributed by atoms with E-state index in [1.165, 1.54) is 0 Å². The quantitative estimate of drug-likeness (QED) is 0.509. The van der Waals surface area contributed by atoms with Crippen molar-refractivity contribution in [1.29, 1.82) is 5.41 Å². The van der Waals surface area contributed by atoms with Gasteiger partial charge >= 0.3 is 0 Å². The average molecular weight is 459 g/mol. The minimum atomic E-state index is -3.54. The molecule has 32 heavy (non-hydrogen) atoms. The summed E-state index contributed by atoms with van der Waals surface area (Å²) >= 11 is 0. The molecule has 1 atom stereocenters. The standard InChI is InChI=1S/C23H27FN4O3S/c24-18-8-10-27(11-9-18)23(29)21-14-16-6-7-17(22(25)26)15-20(16)28(21)12-13-32(30,31)19-4-2-1-3-5-19/h1-7,15,18,21H,8-14H2,(H3,25,26). The number of alkyl halides is 1. The van der Waals surface area contributed by atoms with E-state index >= 15 is 0 Å². The number of halogens is 1. The Morgan fingerprint density at radius 1 is 1.12 bits per heavy atom. The summed E-state index contributed by atoms with van der Waals surface area (Å²) in [5.41, 5.74) is 7.80. The highest BCUT2D eigenvalue weighted by atomic mass is 32.2. The summed E-state index contributed by atoms with van der Waals surface area (Å²) in [5.74, 6) is -0.365. The number of nitrogens with zero attached hydrogens (tertiary/aromatic N) is 2. The van der Waals surface area contributed by atoms with Crippen LogP contribution in [0, 0.1) is 5.41 Å².